The molecule has 1 amide bonds. The number of phenolic OH excluding ortho intramolecular Hbond substituents is 1. The Kier molecular flexibility index (Phi) is 6.06. The second-order valence-electron chi connectivity index (χ2n) is 6.25. The Balaban J connectivity index is 1.76. The van der Waals surface area contributed by atoms with Crippen LogP contribution in [0, 0.1) is 6.92 Å². The molecule has 3 aromatic rings. The molecule has 142 valence electrons. The highest BCUT2D eigenvalue weighted by molar-refractivity contribution is 9.10. The number of hydrogen-bond acceptors (Lipinski definition) is 4. The molecule has 28 heavy (non-hydrogen) atoms. The second kappa shape index (κ2) is 8.67. The maximum absolute atomic E-state index is 12.6. The highest BCUT2D eigenvalue weighted by atomic mass is 79.9. The normalized spacial score (nSPS) is 10.9. The number of benzene rings is 2. The van der Waals surface area contributed by atoms with Gasteiger partial charge in [-0.25, -0.2) is 5.43 Å². The Bertz CT molecular complexity index is 1110. The lowest BCUT2D eigenvalue weighted by molar-refractivity contribution is 0.0953. The first kappa shape index (κ1) is 19.6. The molecule has 2 N–H and O–H groups in total. The molecular weight excluding hydrogens is 422 g/mol. The average molecular weight is 440 g/mol. The van der Waals surface area contributed by atoms with Crippen LogP contribution in [0.1, 0.15) is 27.0 Å². The van der Waals surface area contributed by atoms with Gasteiger partial charge in [0.2, 0.25) is 0 Å². The molecule has 0 aliphatic rings. The number of halogens is 1. The van der Waals surface area contributed by atoms with Gasteiger partial charge in [-0.15, -0.1) is 0 Å². The van der Waals surface area contributed by atoms with E-state index in [1.165, 1.54) is 22.9 Å². The van der Waals surface area contributed by atoms with Crippen LogP contribution in [0.25, 0.3) is 0 Å². The van der Waals surface area contributed by atoms with Gasteiger partial charge < -0.3 is 9.67 Å². The summed E-state index contributed by atoms with van der Waals surface area (Å²) in [6.45, 7) is 2.36. The van der Waals surface area contributed by atoms with E-state index in [0.29, 0.717) is 12.1 Å². The lowest BCUT2D eigenvalue weighted by atomic mass is 10.1. The molecular formula is C21H18BrN3O3. The predicted molar refractivity (Wildman–Crippen MR) is 112 cm³/mol. The smallest absolute Gasteiger partial charge is 0.276 e. The summed E-state index contributed by atoms with van der Waals surface area (Å²) in [6.07, 6.45) is 2.95. The van der Waals surface area contributed by atoms with Crippen molar-refractivity contribution in [3.8, 4) is 5.75 Å². The van der Waals surface area contributed by atoms with E-state index in [4.69, 9.17) is 0 Å². The molecule has 1 heterocycles. The lowest BCUT2D eigenvalue weighted by Crippen LogP contribution is -2.30. The van der Waals surface area contributed by atoms with Crippen LogP contribution < -0.4 is 11.0 Å². The standard InChI is InChI=1S/C21H18BrN3O3/c1-14-4-2-5-15(10-14)13-25-9-3-6-18(21(25)28)20(27)24-23-12-16-11-17(22)7-8-19(16)26/h2-12,26H,13H2,1H3,(H,24,27)/b23-12-. The van der Waals surface area contributed by atoms with Gasteiger partial charge in [-0.1, -0.05) is 45.8 Å². The van der Waals surface area contributed by atoms with Crippen molar-refractivity contribution in [3.05, 3.63) is 97.9 Å². The second-order valence-corrected chi connectivity index (χ2v) is 7.16. The van der Waals surface area contributed by atoms with E-state index in [1.54, 1.807) is 24.4 Å². The molecule has 2 aromatic carbocycles. The molecule has 0 saturated carbocycles. The van der Waals surface area contributed by atoms with Gasteiger partial charge in [-0.05, 0) is 42.8 Å². The summed E-state index contributed by atoms with van der Waals surface area (Å²) < 4.78 is 2.24. The third-order valence-electron chi connectivity index (χ3n) is 4.06. The van der Waals surface area contributed by atoms with Crippen LogP contribution in [0.15, 0.2) is 75.2 Å². The molecule has 6 nitrogen and oxygen atoms in total. The van der Waals surface area contributed by atoms with Crippen LogP contribution in [-0.4, -0.2) is 21.8 Å². The predicted octanol–water partition coefficient (Wildman–Crippen LogP) is 3.44. The molecule has 0 unspecified atom stereocenters. The number of nitrogens with zero attached hydrogens (tertiary/aromatic N) is 2. The number of aromatic hydroxyl groups is 1. The third kappa shape index (κ3) is 4.75. The molecule has 0 atom stereocenters. The largest absolute Gasteiger partial charge is 0.507 e. The van der Waals surface area contributed by atoms with Crippen molar-refractivity contribution in [2.45, 2.75) is 13.5 Å². The van der Waals surface area contributed by atoms with Gasteiger partial charge in [0.1, 0.15) is 11.3 Å². The molecule has 0 saturated heterocycles. The van der Waals surface area contributed by atoms with Gasteiger partial charge in [0.05, 0.1) is 12.8 Å². The highest BCUT2D eigenvalue weighted by Crippen LogP contribution is 2.19. The number of phenols is 1. The van der Waals surface area contributed by atoms with Crippen LogP contribution in [0.4, 0.5) is 0 Å². The molecule has 0 aliphatic heterocycles. The number of hydrogen-bond donors (Lipinski definition) is 2. The summed E-state index contributed by atoms with van der Waals surface area (Å²) in [4.78, 5) is 25.0. The van der Waals surface area contributed by atoms with Gasteiger partial charge in [0.25, 0.3) is 11.5 Å². The van der Waals surface area contributed by atoms with Gasteiger partial charge in [0, 0.05) is 16.2 Å². The summed E-state index contributed by atoms with van der Waals surface area (Å²) in [5, 5.41) is 13.6. The summed E-state index contributed by atoms with van der Waals surface area (Å²) >= 11 is 3.30. The molecule has 0 spiro atoms. The fourth-order valence-electron chi connectivity index (χ4n) is 2.69. The molecule has 0 fully saturated rings. The Hall–Kier alpha value is -3.19. The zero-order chi connectivity index (χ0) is 20.1. The summed E-state index contributed by atoms with van der Waals surface area (Å²) in [5.74, 6) is -0.587. The molecule has 7 heteroatoms. The number of hydrazone groups is 1. The number of aromatic nitrogens is 1. The maximum atomic E-state index is 12.6. The van der Waals surface area contributed by atoms with Crippen molar-refractivity contribution in [2.75, 3.05) is 0 Å². The van der Waals surface area contributed by atoms with Crippen molar-refractivity contribution in [2.24, 2.45) is 5.10 Å². The summed E-state index contributed by atoms with van der Waals surface area (Å²) in [7, 11) is 0. The van der Waals surface area contributed by atoms with E-state index >= 15 is 0 Å². The number of rotatable bonds is 5. The van der Waals surface area contributed by atoms with Gasteiger partial charge in [-0.3, -0.25) is 9.59 Å². The minimum atomic E-state index is -0.616. The molecule has 0 bridgehead atoms. The van der Waals surface area contributed by atoms with Gasteiger partial charge >= 0.3 is 0 Å². The number of carbonyl (C=O) groups excluding carboxylic acids is 1. The van der Waals surface area contributed by atoms with Crippen LogP contribution in [0.3, 0.4) is 0 Å². The Labute approximate surface area is 170 Å². The van der Waals surface area contributed by atoms with E-state index < -0.39 is 11.5 Å². The van der Waals surface area contributed by atoms with Crippen LogP contribution in [-0.2, 0) is 6.54 Å². The van der Waals surface area contributed by atoms with Crippen molar-refractivity contribution in [3.63, 3.8) is 0 Å². The molecule has 0 aliphatic carbocycles. The first-order valence-corrected chi connectivity index (χ1v) is 9.30. The number of nitrogens with one attached hydrogen (secondary N) is 1. The Morgan fingerprint density at radius 1 is 1.21 bits per heavy atom. The number of amides is 1. The SMILES string of the molecule is Cc1cccc(Cn2cccc(C(=O)N/N=C\c3cc(Br)ccc3O)c2=O)c1. The molecule has 1 aromatic heterocycles. The maximum Gasteiger partial charge on any atom is 0.276 e. The number of pyridine rings is 1. The minimum absolute atomic E-state index is 0.00855. The van der Waals surface area contributed by atoms with Gasteiger partial charge in [-0.2, -0.15) is 5.10 Å². The van der Waals surface area contributed by atoms with E-state index in [-0.39, 0.29) is 11.3 Å². The first-order chi connectivity index (χ1) is 13.4. The van der Waals surface area contributed by atoms with E-state index in [2.05, 4.69) is 26.5 Å². The monoisotopic (exact) mass is 439 g/mol. The average Bonchev–Trinajstić information content (AvgIpc) is 2.66. The van der Waals surface area contributed by atoms with Gasteiger partial charge in [0.15, 0.2) is 0 Å². The Morgan fingerprint density at radius 2 is 2.04 bits per heavy atom. The summed E-state index contributed by atoms with van der Waals surface area (Å²) in [6, 6.07) is 15.8. The fraction of sp³-hybridized carbons (Fsp3) is 0.0952. The zero-order valence-electron chi connectivity index (χ0n) is 15.1. The molecule has 0 radical (unpaired) electrons. The topological polar surface area (TPSA) is 83.7 Å². The van der Waals surface area contributed by atoms with E-state index in [9.17, 15) is 14.7 Å². The highest BCUT2D eigenvalue weighted by Gasteiger charge is 2.12. The van der Waals surface area contributed by atoms with E-state index in [1.807, 2.05) is 31.2 Å². The Morgan fingerprint density at radius 3 is 2.82 bits per heavy atom. The van der Waals surface area contributed by atoms with Crippen molar-refractivity contribution >= 4 is 28.1 Å². The van der Waals surface area contributed by atoms with E-state index in [0.717, 1.165) is 15.6 Å². The van der Waals surface area contributed by atoms with Crippen molar-refractivity contribution in [1.82, 2.24) is 9.99 Å². The zero-order valence-corrected chi connectivity index (χ0v) is 16.7. The number of carbonyl (C=O) groups is 1. The molecule has 3 rings (SSSR count). The summed E-state index contributed by atoms with van der Waals surface area (Å²) in [5.41, 5.74) is 4.42. The number of aryl methyl sites for hydroxylation is 1. The van der Waals surface area contributed by atoms with Crippen molar-refractivity contribution in [1.29, 1.82) is 0 Å². The fourth-order valence-corrected chi connectivity index (χ4v) is 3.07. The van der Waals surface area contributed by atoms with Crippen LogP contribution in [0.5, 0.6) is 5.75 Å². The minimum Gasteiger partial charge on any atom is -0.507 e. The van der Waals surface area contributed by atoms with Crippen LogP contribution in [0.2, 0.25) is 0 Å². The van der Waals surface area contributed by atoms with Crippen molar-refractivity contribution < 1.29 is 9.90 Å². The van der Waals surface area contributed by atoms with Crippen LogP contribution >= 0.6 is 15.9 Å². The lowest BCUT2D eigenvalue weighted by Gasteiger charge is -2.08. The quantitative estimate of drug-likeness (QED) is 0.471. The first-order valence-electron chi connectivity index (χ1n) is 8.51. The third-order valence-corrected chi connectivity index (χ3v) is 4.55.